The van der Waals surface area contributed by atoms with E-state index in [4.69, 9.17) is 0 Å². The highest BCUT2D eigenvalue weighted by Crippen LogP contribution is 2.59. The van der Waals surface area contributed by atoms with Crippen LogP contribution in [0.15, 0.2) is 6.20 Å². The summed E-state index contributed by atoms with van der Waals surface area (Å²) in [4.78, 5) is 22.3. The van der Waals surface area contributed by atoms with Crippen LogP contribution in [-0.4, -0.2) is 33.4 Å². The Bertz CT molecular complexity index is 528. The van der Waals surface area contributed by atoms with Crippen LogP contribution in [0.1, 0.15) is 50.5 Å². The summed E-state index contributed by atoms with van der Waals surface area (Å²) in [6, 6.07) is 0.560. The predicted octanol–water partition coefficient (Wildman–Crippen LogP) is 2.31. The van der Waals surface area contributed by atoms with Crippen molar-refractivity contribution in [3.05, 3.63) is 17.7 Å². The van der Waals surface area contributed by atoms with Crippen molar-refractivity contribution in [2.45, 2.75) is 57.9 Å². The Morgan fingerprint density at radius 2 is 2.30 bits per heavy atom. The number of nitrogens with one attached hydrogen (secondary N) is 1. The molecule has 1 amide bonds. The standard InChI is InChI=1S/C16H23N3O/c1-2-12-9-17-13(18-12)8-14(20)19-10-16(6-3-7-16)15(19)11-4-5-11/h9,11,15H,2-8,10H2,1H3,(H,17,18). The average molecular weight is 273 g/mol. The predicted molar refractivity (Wildman–Crippen MR) is 76.2 cm³/mol. The highest BCUT2D eigenvalue weighted by atomic mass is 16.2. The molecule has 20 heavy (non-hydrogen) atoms. The normalized spacial score (nSPS) is 27.2. The molecule has 1 aromatic heterocycles. The van der Waals surface area contributed by atoms with E-state index in [9.17, 15) is 4.79 Å². The Kier molecular flexibility index (Phi) is 2.69. The zero-order valence-electron chi connectivity index (χ0n) is 12.2. The molecule has 1 N–H and O–H groups in total. The molecular formula is C16H23N3O. The molecule has 2 aliphatic carbocycles. The van der Waals surface area contributed by atoms with Crippen LogP contribution in [0.25, 0.3) is 0 Å². The summed E-state index contributed by atoms with van der Waals surface area (Å²) in [7, 11) is 0. The minimum absolute atomic E-state index is 0.274. The molecule has 4 heteroatoms. The molecule has 1 atom stereocenters. The van der Waals surface area contributed by atoms with Crippen LogP contribution in [0.5, 0.6) is 0 Å². The lowest BCUT2D eigenvalue weighted by Crippen LogP contribution is -2.70. The van der Waals surface area contributed by atoms with Gasteiger partial charge in [0.1, 0.15) is 5.82 Å². The van der Waals surface area contributed by atoms with Gasteiger partial charge in [0.05, 0.1) is 6.42 Å². The van der Waals surface area contributed by atoms with Gasteiger partial charge < -0.3 is 9.88 Å². The summed E-state index contributed by atoms with van der Waals surface area (Å²) in [6.45, 7) is 3.10. The first-order valence-electron chi connectivity index (χ1n) is 8.04. The number of likely N-dealkylation sites (tertiary alicyclic amines) is 1. The number of imidazole rings is 1. The summed E-state index contributed by atoms with van der Waals surface area (Å²) in [5, 5.41) is 0. The Labute approximate surface area is 120 Å². The van der Waals surface area contributed by atoms with Gasteiger partial charge in [0.25, 0.3) is 0 Å². The number of H-pyrrole nitrogens is 1. The molecule has 3 fully saturated rings. The molecule has 0 radical (unpaired) electrons. The number of amides is 1. The second-order valence-corrected chi connectivity index (χ2v) is 6.91. The maximum atomic E-state index is 12.5. The Morgan fingerprint density at radius 3 is 2.85 bits per heavy atom. The number of rotatable bonds is 4. The number of carbonyl (C=O) groups is 1. The van der Waals surface area contributed by atoms with Crippen molar-refractivity contribution in [2.75, 3.05) is 6.54 Å². The van der Waals surface area contributed by atoms with E-state index >= 15 is 0 Å². The molecule has 1 unspecified atom stereocenters. The lowest BCUT2D eigenvalue weighted by Gasteiger charge is -2.63. The number of hydrogen-bond acceptors (Lipinski definition) is 2. The molecule has 1 spiro atoms. The number of aryl methyl sites for hydroxylation is 1. The number of aromatic amines is 1. The minimum atomic E-state index is 0.274. The molecule has 4 rings (SSSR count). The first-order chi connectivity index (χ1) is 9.72. The molecule has 1 aliphatic heterocycles. The van der Waals surface area contributed by atoms with Crippen molar-refractivity contribution >= 4 is 5.91 Å². The van der Waals surface area contributed by atoms with Gasteiger partial charge in [-0.25, -0.2) is 4.98 Å². The fourth-order valence-electron chi connectivity index (χ4n) is 4.16. The summed E-state index contributed by atoms with van der Waals surface area (Å²) >= 11 is 0. The molecule has 2 saturated carbocycles. The van der Waals surface area contributed by atoms with E-state index in [1.807, 2.05) is 6.20 Å². The highest BCUT2D eigenvalue weighted by Gasteiger charge is 2.61. The van der Waals surface area contributed by atoms with Crippen LogP contribution >= 0.6 is 0 Å². The van der Waals surface area contributed by atoms with E-state index in [1.165, 1.54) is 32.1 Å². The van der Waals surface area contributed by atoms with E-state index in [-0.39, 0.29) is 5.91 Å². The lowest BCUT2D eigenvalue weighted by molar-refractivity contribution is -0.170. The van der Waals surface area contributed by atoms with Crippen molar-refractivity contribution in [1.29, 1.82) is 0 Å². The molecule has 0 aromatic carbocycles. The number of nitrogens with zero attached hydrogens (tertiary/aromatic N) is 2. The topological polar surface area (TPSA) is 49.0 Å². The second-order valence-electron chi connectivity index (χ2n) is 6.91. The van der Waals surface area contributed by atoms with E-state index in [0.29, 0.717) is 17.9 Å². The van der Waals surface area contributed by atoms with Gasteiger partial charge in [0.2, 0.25) is 5.91 Å². The van der Waals surface area contributed by atoms with Crippen LogP contribution in [0.4, 0.5) is 0 Å². The first-order valence-corrected chi connectivity index (χ1v) is 8.04. The van der Waals surface area contributed by atoms with Crippen molar-refractivity contribution in [3.8, 4) is 0 Å². The molecule has 0 bridgehead atoms. The fraction of sp³-hybridized carbons (Fsp3) is 0.750. The number of hydrogen-bond donors (Lipinski definition) is 1. The van der Waals surface area contributed by atoms with Gasteiger partial charge in [-0.05, 0) is 38.0 Å². The molecule has 1 aromatic rings. The molecule has 3 aliphatic rings. The average Bonchev–Trinajstić information content (AvgIpc) is 3.04. The summed E-state index contributed by atoms with van der Waals surface area (Å²) in [5.74, 6) is 1.91. The summed E-state index contributed by atoms with van der Waals surface area (Å²) in [6.07, 6.45) is 9.96. The van der Waals surface area contributed by atoms with Gasteiger partial charge >= 0.3 is 0 Å². The van der Waals surface area contributed by atoms with Crippen molar-refractivity contribution < 1.29 is 4.79 Å². The van der Waals surface area contributed by atoms with Crippen molar-refractivity contribution in [1.82, 2.24) is 14.9 Å². The monoisotopic (exact) mass is 273 g/mol. The highest BCUT2D eigenvalue weighted by molar-refractivity contribution is 5.79. The number of aromatic nitrogens is 2. The van der Waals surface area contributed by atoms with Gasteiger partial charge in [-0.3, -0.25) is 4.79 Å². The van der Waals surface area contributed by atoms with Crippen LogP contribution in [-0.2, 0) is 17.6 Å². The van der Waals surface area contributed by atoms with Crippen LogP contribution in [0, 0.1) is 11.3 Å². The maximum absolute atomic E-state index is 12.5. The Hall–Kier alpha value is -1.32. The fourth-order valence-corrected chi connectivity index (χ4v) is 4.16. The van der Waals surface area contributed by atoms with Gasteiger partial charge in [-0.2, -0.15) is 0 Å². The zero-order valence-corrected chi connectivity index (χ0v) is 12.2. The van der Waals surface area contributed by atoms with Crippen LogP contribution < -0.4 is 0 Å². The molecule has 108 valence electrons. The lowest BCUT2D eigenvalue weighted by atomic mass is 9.56. The Balaban J connectivity index is 1.43. The van der Waals surface area contributed by atoms with E-state index in [0.717, 1.165) is 30.4 Å². The smallest absolute Gasteiger partial charge is 0.230 e. The molecule has 2 heterocycles. The minimum Gasteiger partial charge on any atom is -0.345 e. The Morgan fingerprint density at radius 1 is 1.50 bits per heavy atom. The summed E-state index contributed by atoms with van der Waals surface area (Å²) < 4.78 is 0. The van der Waals surface area contributed by atoms with E-state index in [1.54, 1.807) is 0 Å². The number of carbonyl (C=O) groups excluding carboxylic acids is 1. The van der Waals surface area contributed by atoms with Gasteiger partial charge in [0.15, 0.2) is 0 Å². The second kappa shape index (κ2) is 4.34. The zero-order chi connectivity index (χ0) is 13.7. The van der Waals surface area contributed by atoms with Crippen LogP contribution in [0.2, 0.25) is 0 Å². The summed E-state index contributed by atoms with van der Waals surface area (Å²) in [5.41, 5.74) is 1.64. The SMILES string of the molecule is CCc1cnc(CC(=O)N2CC3(CCC3)C2C2CC2)[nH]1. The van der Waals surface area contributed by atoms with Crippen molar-refractivity contribution in [3.63, 3.8) is 0 Å². The maximum Gasteiger partial charge on any atom is 0.230 e. The van der Waals surface area contributed by atoms with Gasteiger partial charge in [0, 0.05) is 29.9 Å². The quantitative estimate of drug-likeness (QED) is 0.915. The first kappa shape index (κ1) is 12.4. The third-order valence-electron chi connectivity index (χ3n) is 5.57. The van der Waals surface area contributed by atoms with Gasteiger partial charge in [-0.1, -0.05) is 13.3 Å². The van der Waals surface area contributed by atoms with E-state index in [2.05, 4.69) is 21.8 Å². The molecule has 4 nitrogen and oxygen atoms in total. The van der Waals surface area contributed by atoms with Gasteiger partial charge in [-0.15, -0.1) is 0 Å². The molecular weight excluding hydrogens is 250 g/mol. The van der Waals surface area contributed by atoms with Crippen molar-refractivity contribution in [2.24, 2.45) is 11.3 Å². The third-order valence-corrected chi connectivity index (χ3v) is 5.57. The third kappa shape index (κ3) is 1.80. The molecule has 1 saturated heterocycles. The van der Waals surface area contributed by atoms with Crippen LogP contribution in [0.3, 0.4) is 0 Å². The largest absolute Gasteiger partial charge is 0.345 e. The van der Waals surface area contributed by atoms with E-state index < -0.39 is 0 Å².